The number of fused-ring (bicyclic) bond motifs is 1. The molecule has 4 aromatic carbocycles. The zero-order valence-electron chi connectivity index (χ0n) is 22.3. The maximum Gasteiger partial charge on any atom is 0.323 e. The second-order valence-corrected chi connectivity index (χ2v) is 12.9. The standard InChI is InChI=1S/C33H30NO5PS/c35-22-30-21-28-20-27(17-19-32(28)41-30)24-40(37,39-29-14-8-3-9-15-29)34-31(18-16-25-10-4-1-5-11-25)33(36)38-23-26-12-6-2-7-13-26/h1-15,17,19-22,31H,16,18,23-24H2,(H,34,37). The molecule has 1 N–H and O–H groups in total. The first-order valence-electron chi connectivity index (χ1n) is 13.3. The molecular formula is C33H30NO5PS. The summed E-state index contributed by atoms with van der Waals surface area (Å²) in [6.07, 6.45) is 1.82. The third kappa shape index (κ3) is 8.01. The fourth-order valence-corrected chi connectivity index (χ4v) is 7.44. The average molecular weight is 584 g/mol. The predicted octanol–water partition coefficient (Wildman–Crippen LogP) is 7.82. The van der Waals surface area contributed by atoms with Crippen LogP contribution in [-0.2, 0) is 33.3 Å². The van der Waals surface area contributed by atoms with E-state index in [1.807, 2.05) is 91.0 Å². The molecule has 1 aromatic heterocycles. The number of carbonyl (C=O) groups is 2. The summed E-state index contributed by atoms with van der Waals surface area (Å²) in [5.74, 6) is -0.0618. The van der Waals surface area contributed by atoms with Crippen LogP contribution in [0, 0.1) is 0 Å². The quantitative estimate of drug-likeness (QED) is 0.0865. The van der Waals surface area contributed by atoms with E-state index >= 15 is 0 Å². The van der Waals surface area contributed by atoms with Crippen LogP contribution < -0.4 is 9.61 Å². The minimum Gasteiger partial charge on any atom is -0.460 e. The van der Waals surface area contributed by atoms with E-state index in [2.05, 4.69) is 5.09 Å². The molecule has 2 atom stereocenters. The summed E-state index contributed by atoms with van der Waals surface area (Å²) < 4.78 is 27.3. The first-order valence-corrected chi connectivity index (χ1v) is 16.0. The van der Waals surface area contributed by atoms with Crippen LogP contribution in [0.1, 0.15) is 32.8 Å². The molecule has 0 bridgehead atoms. The van der Waals surface area contributed by atoms with Crippen LogP contribution in [0.25, 0.3) is 10.1 Å². The zero-order chi connectivity index (χ0) is 28.5. The topological polar surface area (TPSA) is 81.7 Å². The number of thiophene rings is 1. The van der Waals surface area contributed by atoms with Crippen molar-refractivity contribution in [1.29, 1.82) is 0 Å². The minimum atomic E-state index is -3.69. The maximum absolute atomic E-state index is 14.6. The van der Waals surface area contributed by atoms with Gasteiger partial charge in [0.25, 0.3) is 0 Å². The molecule has 0 saturated heterocycles. The Kier molecular flexibility index (Phi) is 9.42. The Hall–Kier alpha value is -4.03. The number of hydrogen-bond donors (Lipinski definition) is 1. The lowest BCUT2D eigenvalue weighted by atomic mass is 10.1. The van der Waals surface area contributed by atoms with Gasteiger partial charge in [-0.15, -0.1) is 11.3 Å². The van der Waals surface area contributed by atoms with Crippen LogP contribution in [0.5, 0.6) is 5.75 Å². The smallest absolute Gasteiger partial charge is 0.323 e. The van der Waals surface area contributed by atoms with E-state index in [0.29, 0.717) is 23.5 Å². The van der Waals surface area contributed by atoms with Gasteiger partial charge in [0.15, 0.2) is 6.29 Å². The number of carbonyl (C=O) groups excluding carboxylic acids is 2. The number of benzene rings is 4. The summed E-state index contributed by atoms with van der Waals surface area (Å²) in [5, 5.41) is 4.00. The molecule has 0 spiro atoms. The normalized spacial score (nSPS) is 13.3. The maximum atomic E-state index is 14.6. The fourth-order valence-electron chi connectivity index (χ4n) is 4.52. The molecule has 5 aromatic rings. The van der Waals surface area contributed by atoms with E-state index in [1.165, 1.54) is 11.3 Å². The molecule has 5 rings (SSSR count). The van der Waals surface area contributed by atoms with Crippen molar-refractivity contribution in [2.75, 3.05) is 0 Å². The van der Waals surface area contributed by atoms with Gasteiger partial charge in [-0.2, -0.15) is 0 Å². The summed E-state index contributed by atoms with van der Waals surface area (Å²) in [4.78, 5) is 25.3. The van der Waals surface area contributed by atoms with Gasteiger partial charge in [-0.3, -0.25) is 14.2 Å². The molecule has 6 nitrogen and oxygen atoms in total. The monoisotopic (exact) mass is 583 g/mol. The molecule has 0 amide bonds. The van der Waals surface area contributed by atoms with Gasteiger partial charge in [0.1, 0.15) is 18.4 Å². The minimum absolute atomic E-state index is 0.0396. The van der Waals surface area contributed by atoms with Gasteiger partial charge in [0.05, 0.1) is 11.0 Å². The molecule has 0 aliphatic carbocycles. The van der Waals surface area contributed by atoms with E-state index in [1.54, 1.807) is 24.3 Å². The molecule has 0 aliphatic heterocycles. The molecule has 0 fully saturated rings. The predicted molar refractivity (Wildman–Crippen MR) is 164 cm³/mol. The molecule has 41 heavy (non-hydrogen) atoms. The first-order chi connectivity index (χ1) is 20.0. The van der Waals surface area contributed by atoms with Gasteiger partial charge in [-0.1, -0.05) is 84.9 Å². The lowest BCUT2D eigenvalue weighted by Gasteiger charge is -2.26. The van der Waals surface area contributed by atoms with Crippen molar-refractivity contribution in [1.82, 2.24) is 5.09 Å². The summed E-state index contributed by atoms with van der Waals surface area (Å²) >= 11 is 1.40. The molecule has 0 aliphatic rings. The Morgan fingerprint density at radius 3 is 2.17 bits per heavy atom. The van der Waals surface area contributed by atoms with Gasteiger partial charge >= 0.3 is 13.5 Å². The van der Waals surface area contributed by atoms with Gasteiger partial charge < -0.3 is 9.26 Å². The van der Waals surface area contributed by atoms with E-state index < -0.39 is 19.5 Å². The average Bonchev–Trinajstić information content (AvgIpc) is 3.42. The Morgan fingerprint density at radius 2 is 1.49 bits per heavy atom. The van der Waals surface area contributed by atoms with E-state index in [9.17, 15) is 14.2 Å². The highest BCUT2D eigenvalue weighted by Gasteiger charge is 2.33. The largest absolute Gasteiger partial charge is 0.460 e. The van der Waals surface area contributed by atoms with Gasteiger partial charge in [0.2, 0.25) is 0 Å². The molecule has 208 valence electrons. The number of hydrogen-bond acceptors (Lipinski definition) is 6. The summed E-state index contributed by atoms with van der Waals surface area (Å²) in [7, 11) is -3.69. The number of para-hydroxylation sites is 1. The number of nitrogens with one attached hydrogen (secondary N) is 1. The summed E-state index contributed by atoms with van der Waals surface area (Å²) in [5.41, 5.74) is 2.69. The Balaban J connectivity index is 1.41. The first kappa shape index (κ1) is 28.5. The van der Waals surface area contributed by atoms with Gasteiger partial charge in [0, 0.05) is 4.70 Å². The van der Waals surface area contributed by atoms with Crippen LogP contribution in [0.4, 0.5) is 0 Å². The Bertz CT molecular complexity index is 1640. The van der Waals surface area contributed by atoms with Crippen LogP contribution in [0.15, 0.2) is 115 Å². The van der Waals surface area contributed by atoms with E-state index in [-0.39, 0.29) is 12.8 Å². The van der Waals surface area contributed by atoms with Gasteiger partial charge in [-0.05, 0) is 65.3 Å². The highest BCUT2D eigenvalue weighted by Crippen LogP contribution is 2.48. The number of aldehydes is 1. The van der Waals surface area contributed by atoms with Crippen molar-refractivity contribution in [3.63, 3.8) is 0 Å². The van der Waals surface area contributed by atoms with E-state index in [0.717, 1.165) is 33.1 Å². The number of rotatable bonds is 13. The second-order valence-electron chi connectivity index (χ2n) is 9.67. The van der Waals surface area contributed by atoms with Crippen LogP contribution in [-0.4, -0.2) is 18.3 Å². The van der Waals surface area contributed by atoms with Crippen LogP contribution in [0.2, 0.25) is 0 Å². The molecule has 1 heterocycles. The Labute approximate surface area is 243 Å². The van der Waals surface area contributed by atoms with Gasteiger partial charge in [-0.25, -0.2) is 5.09 Å². The second kappa shape index (κ2) is 13.6. The van der Waals surface area contributed by atoms with Crippen molar-refractivity contribution in [3.05, 3.63) is 137 Å². The number of ether oxygens (including phenoxy) is 1. The van der Waals surface area contributed by atoms with Crippen LogP contribution in [0.3, 0.4) is 0 Å². The van der Waals surface area contributed by atoms with Crippen molar-refractivity contribution >= 4 is 41.2 Å². The highest BCUT2D eigenvalue weighted by atomic mass is 32.1. The molecule has 0 saturated carbocycles. The van der Waals surface area contributed by atoms with Crippen molar-refractivity contribution < 1.29 is 23.4 Å². The highest BCUT2D eigenvalue weighted by molar-refractivity contribution is 7.56. The number of esters is 1. The van der Waals surface area contributed by atoms with E-state index in [4.69, 9.17) is 9.26 Å². The lowest BCUT2D eigenvalue weighted by molar-refractivity contribution is -0.147. The molecule has 8 heteroatoms. The zero-order valence-corrected chi connectivity index (χ0v) is 24.1. The van der Waals surface area contributed by atoms with Crippen LogP contribution >= 0.6 is 18.9 Å². The van der Waals surface area contributed by atoms with Crippen molar-refractivity contribution in [2.24, 2.45) is 0 Å². The number of aryl methyl sites for hydroxylation is 1. The summed E-state index contributed by atoms with van der Waals surface area (Å²) in [6, 6.07) is 34.9. The Morgan fingerprint density at radius 1 is 0.829 bits per heavy atom. The van der Waals surface area contributed by atoms with Crippen molar-refractivity contribution in [2.45, 2.75) is 31.7 Å². The fraction of sp³-hybridized carbons (Fsp3) is 0.152. The lowest BCUT2D eigenvalue weighted by Crippen LogP contribution is -2.38. The molecule has 0 radical (unpaired) electrons. The molecule has 2 unspecified atom stereocenters. The molecular weight excluding hydrogens is 553 g/mol. The third-order valence-corrected chi connectivity index (χ3v) is 9.56. The van der Waals surface area contributed by atoms with Crippen molar-refractivity contribution in [3.8, 4) is 5.75 Å². The summed E-state index contributed by atoms with van der Waals surface area (Å²) in [6.45, 7) is 0.112. The third-order valence-electron chi connectivity index (χ3n) is 6.53. The SMILES string of the molecule is O=Cc1cc2cc(CP(=O)(NC(CCc3ccccc3)C(=O)OCc3ccccc3)Oc3ccccc3)ccc2s1.